The summed E-state index contributed by atoms with van der Waals surface area (Å²) in [6.45, 7) is 3.80. The van der Waals surface area contributed by atoms with Gasteiger partial charge in [0, 0.05) is 31.2 Å². The number of para-hydroxylation sites is 1. The number of piperazine rings is 1. The van der Waals surface area contributed by atoms with E-state index in [2.05, 4.69) is 10.0 Å². The van der Waals surface area contributed by atoms with E-state index in [1.807, 2.05) is 6.92 Å². The molecule has 27 heavy (non-hydrogen) atoms. The number of benzene rings is 2. The smallest absolute Gasteiger partial charge is 0.262 e. The van der Waals surface area contributed by atoms with Crippen LogP contribution in [-0.4, -0.2) is 44.9 Å². The third-order valence-corrected chi connectivity index (χ3v) is 5.53. The van der Waals surface area contributed by atoms with Gasteiger partial charge < -0.3 is 10.2 Å². The number of hydrogen-bond acceptors (Lipinski definition) is 4. The molecule has 0 aromatic heterocycles. The maximum Gasteiger partial charge on any atom is 0.262 e. The van der Waals surface area contributed by atoms with E-state index in [-0.39, 0.29) is 40.5 Å². The van der Waals surface area contributed by atoms with Crippen molar-refractivity contribution in [2.75, 3.05) is 24.4 Å². The number of carbonyl (C=O) groups is 1. The maximum atomic E-state index is 13.7. The molecule has 3 rings (SSSR count). The topological polar surface area (TPSA) is 78.5 Å². The van der Waals surface area contributed by atoms with Crippen molar-refractivity contribution in [1.29, 1.82) is 0 Å². The lowest BCUT2D eigenvalue weighted by atomic mass is 10.1. The highest BCUT2D eigenvalue weighted by molar-refractivity contribution is 7.92. The second-order valence-corrected chi connectivity index (χ2v) is 7.90. The van der Waals surface area contributed by atoms with Crippen LogP contribution in [0.4, 0.5) is 10.1 Å². The molecule has 9 heteroatoms. The van der Waals surface area contributed by atoms with Gasteiger partial charge in [-0.3, -0.25) is 9.52 Å². The van der Waals surface area contributed by atoms with Gasteiger partial charge in [-0.25, -0.2) is 12.8 Å². The van der Waals surface area contributed by atoms with Gasteiger partial charge in [0.05, 0.1) is 10.6 Å². The van der Waals surface area contributed by atoms with Crippen LogP contribution < -0.4 is 10.0 Å². The average molecular weight is 414 g/mol. The van der Waals surface area contributed by atoms with E-state index in [9.17, 15) is 17.6 Å². The van der Waals surface area contributed by atoms with Gasteiger partial charge in [-0.05, 0) is 37.3 Å². The van der Waals surface area contributed by atoms with Gasteiger partial charge in [-0.1, -0.05) is 18.2 Å². The summed E-state index contributed by atoms with van der Waals surface area (Å²) in [6, 6.07) is 11.5. The number of hydrogen-bond donors (Lipinski definition) is 2. The Kier molecular flexibility index (Phi) is 6.80. The fraction of sp³-hybridized carbons (Fsp3) is 0.278. The largest absolute Gasteiger partial charge is 0.336 e. The van der Waals surface area contributed by atoms with Crippen LogP contribution in [0.2, 0.25) is 0 Å². The summed E-state index contributed by atoms with van der Waals surface area (Å²) in [5, 5.41) is 3.25. The molecule has 2 aromatic rings. The molecular formula is C18H21ClFN3O3S. The van der Waals surface area contributed by atoms with Crippen LogP contribution in [0.25, 0.3) is 0 Å². The van der Waals surface area contributed by atoms with E-state index in [4.69, 9.17) is 0 Å². The molecular weight excluding hydrogens is 393 g/mol. The molecule has 2 N–H and O–H groups in total. The number of halogens is 2. The molecule has 1 saturated heterocycles. The Hall–Kier alpha value is -2.16. The van der Waals surface area contributed by atoms with Gasteiger partial charge in [0.25, 0.3) is 15.9 Å². The van der Waals surface area contributed by atoms with Crippen LogP contribution in [0.1, 0.15) is 17.3 Å². The molecule has 1 heterocycles. The zero-order valence-electron chi connectivity index (χ0n) is 14.7. The molecule has 0 aliphatic carbocycles. The fourth-order valence-electron chi connectivity index (χ4n) is 2.84. The summed E-state index contributed by atoms with van der Waals surface area (Å²) in [7, 11) is -4.01. The lowest BCUT2D eigenvalue weighted by Gasteiger charge is -2.32. The van der Waals surface area contributed by atoms with Gasteiger partial charge in [0.2, 0.25) is 0 Å². The molecule has 146 valence electrons. The highest BCUT2D eigenvalue weighted by Gasteiger charge is 2.23. The summed E-state index contributed by atoms with van der Waals surface area (Å²) >= 11 is 0. The van der Waals surface area contributed by atoms with E-state index in [0.717, 1.165) is 0 Å². The molecule has 6 nitrogen and oxygen atoms in total. The van der Waals surface area contributed by atoms with Gasteiger partial charge >= 0.3 is 0 Å². The lowest BCUT2D eigenvalue weighted by molar-refractivity contribution is 0.0709. The van der Waals surface area contributed by atoms with Gasteiger partial charge in [0.1, 0.15) is 5.82 Å². The predicted octanol–water partition coefficient (Wildman–Crippen LogP) is 2.48. The van der Waals surface area contributed by atoms with E-state index in [1.165, 1.54) is 42.5 Å². The molecule has 0 spiro atoms. The first-order valence-corrected chi connectivity index (χ1v) is 9.75. The van der Waals surface area contributed by atoms with E-state index in [1.54, 1.807) is 11.0 Å². The molecule has 1 fully saturated rings. The fourth-order valence-corrected chi connectivity index (χ4v) is 3.96. The number of nitrogens with zero attached hydrogens (tertiary/aromatic N) is 1. The van der Waals surface area contributed by atoms with Crippen LogP contribution >= 0.6 is 12.4 Å². The SMILES string of the molecule is CC1CN(C(=O)c2cccc(S(=O)(=O)Nc3ccccc3F)c2)CCN1.Cl. The zero-order chi connectivity index (χ0) is 18.7. The van der Waals surface area contributed by atoms with Crippen molar-refractivity contribution in [2.24, 2.45) is 0 Å². The number of amides is 1. The first-order chi connectivity index (χ1) is 12.4. The minimum atomic E-state index is -4.01. The molecule has 1 aliphatic heterocycles. The van der Waals surface area contributed by atoms with Crippen LogP contribution in [0.5, 0.6) is 0 Å². The van der Waals surface area contributed by atoms with Crippen LogP contribution in [0.15, 0.2) is 53.4 Å². The van der Waals surface area contributed by atoms with Gasteiger partial charge in [-0.2, -0.15) is 0 Å². The first-order valence-electron chi connectivity index (χ1n) is 8.27. The minimum Gasteiger partial charge on any atom is -0.336 e. The number of carbonyl (C=O) groups excluding carboxylic acids is 1. The van der Waals surface area contributed by atoms with Crippen LogP contribution in [0.3, 0.4) is 0 Å². The quantitative estimate of drug-likeness (QED) is 0.807. The molecule has 1 aliphatic rings. The first kappa shape index (κ1) is 21.1. The zero-order valence-corrected chi connectivity index (χ0v) is 16.3. The van der Waals surface area contributed by atoms with Crippen molar-refractivity contribution in [3.8, 4) is 0 Å². The maximum absolute atomic E-state index is 13.7. The molecule has 0 bridgehead atoms. The highest BCUT2D eigenvalue weighted by atomic mass is 35.5. The Balaban J connectivity index is 0.00000261. The molecule has 1 atom stereocenters. The second-order valence-electron chi connectivity index (χ2n) is 6.22. The third kappa shape index (κ3) is 4.97. The summed E-state index contributed by atoms with van der Waals surface area (Å²) in [4.78, 5) is 14.3. The Morgan fingerprint density at radius 3 is 2.67 bits per heavy atom. The monoisotopic (exact) mass is 413 g/mol. The average Bonchev–Trinajstić information content (AvgIpc) is 2.63. The molecule has 1 unspecified atom stereocenters. The van der Waals surface area contributed by atoms with E-state index < -0.39 is 15.8 Å². The Bertz CT molecular complexity index is 924. The van der Waals surface area contributed by atoms with Crippen LogP contribution in [-0.2, 0) is 10.0 Å². The van der Waals surface area contributed by atoms with Crippen molar-refractivity contribution in [1.82, 2.24) is 10.2 Å². The third-order valence-electron chi connectivity index (χ3n) is 4.17. The summed E-state index contributed by atoms with van der Waals surface area (Å²) in [5.41, 5.74) is 0.149. The number of anilines is 1. The van der Waals surface area contributed by atoms with E-state index in [0.29, 0.717) is 19.6 Å². The van der Waals surface area contributed by atoms with Crippen molar-refractivity contribution in [3.05, 3.63) is 59.9 Å². The summed E-state index contributed by atoms with van der Waals surface area (Å²) in [5.74, 6) is -0.889. The van der Waals surface area contributed by atoms with Gasteiger partial charge in [-0.15, -0.1) is 12.4 Å². The van der Waals surface area contributed by atoms with Crippen molar-refractivity contribution in [2.45, 2.75) is 17.9 Å². The van der Waals surface area contributed by atoms with Gasteiger partial charge in [0.15, 0.2) is 0 Å². The number of nitrogens with one attached hydrogen (secondary N) is 2. The Morgan fingerprint density at radius 2 is 1.96 bits per heavy atom. The van der Waals surface area contributed by atoms with Crippen molar-refractivity contribution >= 4 is 34.0 Å². The molecule has 0 saturated carbocycles. The Morgan fingerprint density at radius 1 is 1.22 bits per heavy atom. The standard InChI is InChI=1S/C18H20FN3O3S.ClH/c1-13-12-22(10-9-20-13)18(23)14-5-4-6-15(11-14)26(24,25)21-17-8-3-2-7-16(17)19;/h2-8,11,13,20-21H,9-10,12H2,1H3;1H. The molecule has 0 radical (unpaired) electrons. The Labute approximate surface area is 164 Å². The summed E-state index contributed by atoms with van der Waals surface area (Å²) < 4.78 is 41.0. The summed E-state index contributed by atoms with van der Waals surface area (Å²) in [6.07, 6.45) is 0. The van der Waals surface area contributed by atoms with Crippen LogP contribution in [0, 0.1) is 5.82 Å². The predicted molar refractivity (Wildman–Crippen MR) is 104 cm³/mol. The minimum absolute atomic E-state index is 0. The van der Waals surface area contributed by atoms with E-state index >= 15 is 0 Å². The normalized spacial score (nSPS) is 17.1. The lowest BCUT2D eigenvalue weighted by Crippen LogP contribution is -2.51. The molecule has 1 amide bonds. The second kappa shape index (κ2) is 8.69. The number of rotatable bonds is 4. The van der Waals surface area contributed by atoms with Crippen molar-refractivity contribution < 1.29 is 17.6 Å². The highest BCUT2D eigenvalue weighted by Crippen LogP contribution is 2.20. The number of sulfonamides is 1. The van der Waals surface area contributed by atoms with Crippen molar-refractivity contribution in [3.63, 3.8) is 0 Å². The molecule has 2 aromatic carbocycles.